The predicted octanol–water partition coefficient (Wildman–Crippen LogP) is 13.4. The van der Waals surface area contributed by atoms with Gasteiger partial charge in [-0.05, 0) is 60.7 Å². The second-order valence-electron chi connectivity index (χ2n) is 14.4. The van der Waals surface area contributed by atoms with Crippen molar-refractivity contribution < 1.29 is 0 Å². The molecule has 0 aliphatic carbocycles. The van der Waals surface area contributed by atoms with Gasteiger partial charge in [-0.1, -0.05) is 127 Å². The zero-order valence-electron chi connectivity index (χ0n) is 30.5. The van der Waals surface area contributed by atoms with E-state index in [0.717, 1.165) is 39.1 Å². The van der Waals surface area contributed by atoms with Gasteiger partial charge in [0.15, 0.2) is 17.5 Å². The lowest BCUT2D eigenvalue weighted by atomic mass is 10.1. The van der Waals surface area contributed by atoms with Crippen LogP contribution in [0.2, 0.25) is 0 Å². The number of nitrogens with zero attached hydrogens (tertiary/aromatic N) is 5. The first kappa shape index (κ1) is 31.9. The van der Waals surface area contributed by atoms with Crippen LogP contribution in [0.3, 0.4) is 0 Å². The maximum absolute atomic E-state index is 5.25. The molecule has 0 aliphatic rings. The maximum atomic E-state index is 5.25. The first-order valence-corrected chi connectivity index (χ1v) is 19.9. The quantitative estimate of drug-likeness (QED) is 0.176. The van der Waals surface area contributed by atoms with E-state index < -0.39 is 0 Å². The summed E-state index contributed by atoms with van der Waals surface area (Å²) in [6.45, 7) is 0. The molecule has 12 rings (SSSR count). The normalized spacial score (nSPS) is 11.9. The van der Waals surface area contributed by atoms with Gasteiger partial charge in [0.25, 0.3) is 0 Å². The third-order valence-corrected chi connectivity index (χ3v) is 12.4. The highest BCUT2D eigenvalue weighted by atomic mass is 32.1. The number of hydrogen-bond donors (Lipinski definition) is 0. The Morgan fingerprint density at radius 3 is 1.56 bits per heavy atom. The Bertz CT molecular complexity index is 3520. The summed E-state index contributed by atoms with van der Waals surface area (Å²) in [5, 5.41) is 7.31. The van der Waals surface area contributed by atoms with E-state index in [1.807, 2.05) is 18.2 Å². The van der Waals surface area contributed by atoms with Crippen molar-refractivity contribution in [1.29, 1.82) is 0 Å². The van der Waals surface area contributed by atoms with E-state index in [1.165, 1.54) is 52.8 Å². The van der Waals surface area contributed by atoms with Crippen LogP contribution in [0, 0.1) is 0 Å². The minimum absolute atomic E-state index is 0.632. The molecule has 8 aromatic carbocycles. The first-order chi connectivity index (χ1) is 28.3. The Hall–Kier alpha value is -7.41. The van der Waals surface area contributed by atoms with Gasteiger partial charge in [-0.25, -0.2) is 15.0 Å². The Balaban J connectivity index is 1.08. The first-order valence-electron chi connectivity index (χ1n) is 19.1. The summed E-state index contributed by atoms with van der Waals surface area (Å²) in [6.07, 6.45) is 0. The number of rotatable bonds is 5. The van der Waals surface area contributed by atoms with Crippen LogP contribution in [0.5, 0.6) is 0 Å². The minimum atomic E-state index is 0.632. The van der Waals surface area contributed by atoms with Crippen molar-refractivity contribution in [3.05, 3.63) is 188 Å². The lowest BCUT2D eigenvalue weighted by Crippen LogP contribution is -2.01. The zero-order chi connectivity index (χ0) is 37.5. The molecule has 266 valence electrons. The van der Waals surface area contributed by atoms with Gasteiger partial charge in [0.2, 0.25) is 0 Å². The van der Waals surface area contributed by atoms with Gasteiger partial charge in [-0.3, -0.25) is 0 Å². The zero-order valence-corrected chi connectivity index (χ0v) is 31.4. The molecule has 0 aliphatic heterocycles. The van der Waals surface area contributed by atoms with Gasteiger partial charge in [-0.15, -0.1) is 11.3 Å². The highest BCUT2D eigenvalue weighted by molar-refractivity contribution is 7.26. The Morgan fingerprint density at radius 1 is 0.333 bits per heavy atom. The number of aromatic nitrogens is 5. The topological polar surface area (TPSA) is 48.5 Å². The van der Waals surface area contributed by atoms with Crippen LogP contribution in [0.25, 0.3) is 109 Å². The van der Waals surface area contributed by atoms with Crippen LogP contribution in [0.15, 0.2) is 188 Å². The van der Waals surface area contributed by atoms with E-state index in [-0.39, 0.29) is 0 Å². The fourth-order valence-electron chi connectivity index (χ4n) is 8.61. The van der Waals surface area contributed by atoms with Crippen LogP contribution >= 0.6 is 11.3 Å². The third kappa shape index (κ3) is 4.98. The molecule has 4 aromatic heterocycles. The fraction of sp³-hybridized carbons (Fsp3) is 0. The summed E-state index contributed by atoms with van der Waals surface area (Å²) in [5.74, 6) is 1.94. The molecule has 0 bridgehead atoms. The molecule has 6 heteroatoms. The van der Waals surface area contributed by atoms with Crippen LogP contribution in [0.1, 0.15) is 0 Å². The third-order valence-electron chi connectivity index (χ3n) is 11.2. The Morgan fingerprint density at radius 2 is 0.842 bits per heavy atom. The van der Waals surface area contributed by atoms with Crippen LogP contribution in [-0.4, -0.2) is 24.1 Å². The largest absolute Gasteiger partial charge is 0.309 e. The van der Waals surface area contributed by atoms with E-state index in [0.29, 0.717) is 17.5 Å². The molecule has 0 saturated heterocycles. The van der Waals surface area contributed by atoms with E-state index in [1.54, 1.807) is 11.3 Å². The van der Waals surface area contributed by atoms with E-state index >= 15 is 0 Å². The standard InChI is InChI=1S/C51H31N5S/c1-3-15-32(16-4-1)49-52-50(54-51(53-49)40-25-14-24-39-38-23-9-12-28-47(38)57-48(39)40)33-17-13-20-35(29-33)56-44-27-11-8-22-37(44)42-30-45-41(31-46(42)56)36-21-7-10-26-43(36)55(45)34-18-5-2-6-19-34/h1-31H. The van der Waals surface area contributed by atoms with Crippen molar-refractivity contribution in [1.82, 2.24) is 24.1 Å². The molecule has 57 heavy (non-hydrogen) atoms. The second-order valence-corrected chi connectivity index (χ2v) is 15.5. The van der Waals surface area contributed by atoms with Gasteiger partial charge in [-0.2, -0.15) is 0 Å². The molecule has 12 aromatic rings. The highest BCUT2D eigenvalue weighted by Crippen LogP contribution is 2.42. The van der Waals surface area contributed by atoms with Crippen molar-refractivity contribution in [3.63, 3.8) is 0 Å². The molecule has 4 heterocycles. The van der Waals surface area contributed by atoms with E-state index in [2.05, 4.69) is 179 Å². The molecular weight excluding hydrogens is 715 g/mol. The molecule has 0 amide bonds. The predicted molar refractivity (Wildman–Crippen MR) is 238 cm³/mol. The van der Waals surface area contributed by atoms with Gasteiger partial charge in [0.05, 0.1) is 22.1 Å². The average molecular weight is 746 g/mol. The summed E-state index contributed by atoms with van der Waals surface area (Å²) in [6, 6.07) is 66.7. The highest BCUT2D eigenvalue weighted by Gasteiger charge is 2.20. The summed E-state index contributed by atoms with van der Waals surface area (Å²) in [5.41, 5.74) is 9.73. The molecule has 5 nitrogen and oxygen atoms in total. The van der Waals surface area contributed by atoms with Gasteiger partial charge >= 0.3 is 0 Å². The lowest BCUT2D eigenvalue weighted by Gasteiger charge is -2.12. The summed E-state index contributed by atoms with van der Waals surface area (Å²) >= 11 is 1.79. The molecule has 0 atom stereocenters. The summed E-state index contributed by atoms with van der Waals surface area (Å²) in [4.78, 5) is 15.5. The fourth-order valence-corrected chi connectivity index (χ4v) is 9.82. The van der Waals surface area contributed by atoms with Gasteiger partial charge < -0.3 is 9.13 Å². The molecule has 0 fully saturated rings. The number of benzene rings is 8. The average Bonchev–Trinajstić information content (AvgIpc) is 3.93. The van der Waals surface area contributed by atoms with Crippen molar-refractivity contribution >= 4 is 75.1 Å². The molecule has 0 N–H and O–H groups in total. The van der Waals surface area contributed by atoms with Crippen molar-refractivity contribution in [2.75, 3.05) is 0 Å². The van der Waals surface area contributed by atoms with Crippen molar-refractivity contribution in [2.45, 2.75) is 0 Å². The number of hydrogen-bond acceptors (Lipinski definition) is 4. The SMILES string of the molecule is c1ccc(-c2nc(-c3cccc(-n4c5ccccc5c5cc6c(cc54)c4ccccc4n6-c4ccccc4)c3)nc(-c3cccc4c3sc3ccccc34)n2)cc1. The molecule has 0 spiro atoms. The monoisotopic (exact) mass is 745 g/mol. The lowest BCUT2D eigenvalue weighted by molar-refractivity contribution is 1.07. The number of fused-ring (bicyclic) bond motifs is 9. The van der Waals surface area contributed by atoms with Crippen LogP contribution in [0.4, 0.5) is 0 Å². The van der Waals surface area contributed by atoms with Crippen molar-refractivity contribution in [3.8, 4) is 45.5 Å². The molecular formula is C51H31N5S. The maximum Gasteiger partial charge on any atom is 0.165 e. The Labute approximate surface area is 331 Å². The Kier molecular flexibility index (Phi) is 7.03. The van der Waals surface area contributed by atoms with Crippen LogP contribution in [-0.2, 0) is 0 Å². The second kappa shape index (κ2) is 12.6. The van der Waals surface area contributed by atoms with E-state index in [9.17, 15) is 0 Å². The minimum Gasteiger partial charge on any atom is -0.309 e. The van der Waals surface area contributed by atoms with Crippen molar-refractivity contribution in [2.24, 2.45) is 0 Å². The molecule has 0 unspecified atom stereocenters. The van der Waals surface area contributed by atoms with Crippen LogP contribution < -0.4 is 0 Å². The molecule has 0 saturated carbocycles. The van der Waals surface area contributed by atoms with Gasteiger partial charge in [0, 0.05) is 69.8 Å². The van der Waals surface area contributed by atoms with E-state index in [4.69, 9.17) is 15.0 Å². The summed E-state index contributed by atoms with van der Waals surface area (Å²) in [7, 11) is 0. The smallest absolute Gasteiger partial charge is 0.165 e. The summed E-state index contributed by atoms with van der Waals surface area (Å²) < 4.78 is 7.20. The number of thiophene rings is 1. The van der Waals surface area contributed by atoms with Gasteiger partial charge in [0.1, 0.15) is 0 Å². The molecule has 0 radical (unpaired) electrons. The number of para-hydroxylation sites is 3.